The van der Waals surface area contributed by atoms with E-state index in [9.17, 15) is 9.59 Å². The number of methoxy groups -OCH3 is 4. The summed E-state index contributed by atoms with van der Waals surface area (Å²) in [6, 6.07) is 17.4. The van der Waals surface area contributed by atoms with Crippen LogP contribution in [-0.4, -0.2) is 55.8 Å². The van der Waals surface area contributed by atoms with Crippen molar-refractivity contribution in [2.24, 2.45) is 0 Å². The van der Waals surface area contributed by atoms with Gasteiger partial charge in [-0.1, -0.05) is 35.6 Å². The number of aromatic nitrogens is 3. The summed E-state index contributed by atoms with van der Waals surface area (Å²) >= 11 is 0. The van der Waals surface area contributed by atoms with E-state index >= 15 is 0 Å². The second-order valence-electron chi connectivity index (χ2n) is 9.97. The molecule has 0 spiro atoms. The van der Waals surface area contributed by atoms with E-state index in [-0.39, 0.29) is 19.0 Å². The van der Waals surface area contributed by atoms with Crippen LogP contribution < -0.4 is 34.0 Å². The quantitative estimate of drug-likeness (QED) is 0.108. The SMILES string of the molecule is COc1cc(/C=C/C(=O)/C=C/c2cc(OC)c(OC)c(OC)c2)ccc1OCc1cn(CCOc2cc(=O)oc3ccccc23)nn1. The fraction of sp³-hybridized carbons (Fsp3) is 0.200. The van der Waals surface area contributed by atoms with E-state index in [1.54, 1.807) is 59.4 Å². The topological polar surface area (TPSA) is 133 Å². The van der Waals surface area contributed by atoms with Crippen molar-refractivity contribution in [1.82, 2.24) is 15.0 Å². The highest BCUT2D eigenvalue weighted by molar-refractivity contribution is 6.04. The predicted octanol–water partition coefficient (Wildman–Crippen LogP) is 5.37. The minimum Gasteiger partial charge on any atom is -0.493 e. The monoisotopic (exact) mass is 639 g/mol. The molecule has 0 atom stereocenters. The molecular weight excluding hydrogens is 606 g/mol. The van der Waals surface area contributed by atoms with E-state index in [2.05, 4.69) is 10.3 Å². The van der Waals surface area contributed by atoms with Gasteiger partial charge in [0.15, 0.2) is 28.8 Å². The van der Waals surface area contributed by atoms with Gasteiger partial charge in [0.2, 0.25) is 5.75 Å². The zero-order valence-electron chi connectivity index (χ0n) is 26.3. The minimum absolute atomic E-state index is 0.154. The van der Waals surface area contributed by atoms with Gasteiger partial charge in [0.05, 0.1) is 52.6 Å². The smallest absolute Gasteiger partial charge is 0.339 e. The first kappa shape index (κ1) is 32.4. The Bertz CT molecular complexity index is 1950. The first-order valence-electron chi connectivity index (χ1n) is 14.5. The average molecular weight is 640 g/mol. The predicted molar refractivity (Wildman–Crippen MR) is 174 cm³/mol. The molecule has 0 N–H and O–H groups in total. The fourth-order valence-electron chi connectivity index (χ4n) is 4.63. The van der Waals surface area contributed by atoms with Crippen molar-refractivity contribution in [3.05, 3.63) is 106 Å². The molecular formula is C35H33N3O9. The molecule has 0 fully saturated rings. The molecule has 0 unspecified atom stereocenters. The number of para-hydroxylation sites is 1. The highest BCUT2D eigenvalue weighted by Crippen LogP contribution is 2.38. The Kier molecular flexibility index (Phi) is 10.5. The van der Waals surface area contributed by atoms with Gasteiger partial charge in [-0.15, -0.1) is 5.10 Å². The largest absolute Gasteiger partial charge is 0.493 e. The van der Waals surface area contributed by atoms with Gasteiger partial charge >= 0.3 is 5.63 Å². The standard InChI is InChI=1S/C35H33N3O9/c1-41-31-17-23(9-12-26(39)13-10-24-18-32(42-2)35(44-4)33(19-24)43-3)11-14-29(31)46-22-25-21-38(37-36-25)15-16-45-30-20-34(40)47-28-8-6-5-7-27(28)30/h5-14,17-21H,15-16,22H2,1-4H3/b12-9+,13-10+. The molecule has 5 aromatic rings. The summed E-state index contributed by atoms with van der Waals surface area (Å²) in [6.07, 6.45) is 8.02. The first-order chi connectivity index (χ1) is 22.9. The van der Waals surface area contributed by atoms with Crippen LogP contribution in [0.2, 0.25) is 0 Å². The van der Waals surface area contributed by atoms with Crippen molar-refractivity contribution < 1.29 is 37.6 Å². The molecule has 0 radical (unpaired) electrons. The molecule has 242 valence electrons. The van der Waals surface area contributed by atoms with Crippen molar-refractivity contribution in [2.75, 3.05) is 35.0 Å². The fourth-order valence-corrected chi connectivity index (χ4v) is 4.63. The molecule has 3 aromatic carbocycles. The number of fused-ring (bicyclic) bond motifs is 1. The maximum atomic E-state index is 12.6. The summed E-state index contributed by atoms with van der Waals surface area (Å²) in [5.41, 5.74) is 2.05. The number of hydrogen-bond donors (Lipinski definition) is 0. The summed E-state index contributed by atoms with van der Waals surface area (Å²) in [5.74, 6) is 2.70. The lowest BCUT2D eigenvalue weighted by Gasteiger charge is -2.12. The Morgan fingerprint density at radius 2 is 1.49 bits per heavy atom. The van der Waals surface area contributed by atoms with Gasteiger partial charge in [-0.05, 0) is 59.7 Å². The van der Waals surface area contributed by atoms with Crippen LogP contribution in [-0.2, 0) is 17.9 Å². The maximum absolute atomic E-state index is 12.6. The van der Waals surface area contributed by atoms with Gasteiger partial charge in [-0.3, -0.25) is 4.79 Å². The number of benzene rings is 3. The third-order valence-electron chi connectivity index (χ3n) is 6.91. The van der Waals surface area contributed by atoms with Crippen LogP contribution in [0.1, 0.15) is 16.8 Å². The van der Waals surface area contributed by atoms with Crippen molar-refractivity contribution in [3.8, 4) is 34.5 Å². The van der Waals surface area contributed by atoms with E-state index in [1.807, 2.05) is 18.2 Å². The van der Waals surface area contributed by atoms with Gasteiger partial charge in [0.1, 0.15) is 30.2 Å². The summed E-state index contributed by atoms with van der Waals surface area (Å²) in [4.78, 5) is 24.4. The molecule has 0 aliphatic carbocycles. The van der Waals surface area contributed by atoms with Crippen LogP contribution in [0.15, 0.2) is 88.2 Å². The normalized spacial score (nSPS) is 11.2. The van der Waals surface area contributed by atoms with Crippen molar-refractivity contribution >= 4 is 28.9 Å². The molecule has 47 heavy (non-hydrogen) atoms. The zero-order valence-corrected chi connectivity index (χ0v) is 26.3. The number of hydrogen-bond acceptors (Lipinski definition) is 11. The number of nitrogens with zero attached hydrogens (tertiary/aromatic N) is 3. The summed E-state index contributed by atoms with van der Waals surface area (Å²) in [7, 11) is 6.13. The number of rotatable bonds is 15. The molecule has 0 saturated heterocycles. The van der Waals surface area contributed by atoms with E-state index in [1.165, 1.54) is 46.7 Å². The van der Waals surface area contributed by atoms with E-state index in [0.29, 0.717) is 63.3 Å². The molecule has 0 aliphatic heterocycles. The van der Waals surface area contributed by atoms with Crippen LogP contribution in [0.5, 0.6) is 34.5 Å². The van der Waals surface area contributed by atoms with Gasteiger partial charge < -0.3 is 32.8 Å². The molecule has 0 bridgehead atoms. The van der Waals surface area contributed by atoms with Gasteiger partial charge in [-0.25, -0.2) is 9.48 Å². The lowest BCUT2D eigenvalue weighted by Crippen LogP contribution is -2.10. The van der Waals surface area contributed by atoms with Crippen LogP contribution in [0.3, 0.4) is 0 Å². The highest BCUT2D eigenvalue weighted by Gasteiger charge is 2.13. The molecule has 0 saturated carbocycles. The van der Waals surface area contributed by atoms with Gasteiger partial charge in [-0.2, -0.15) is 0 Å². The molecule has 5 rings (SSSR count). The molecule has 0 aliphatic rings. The zero-order chi connectivity index (χ0) is 33.2. The average Bonchev–Trinajstić information content (AvgIpc) is 3.55. The summed E-state index contributed by atoms with van der Waals surface area (Å²) in [6.45, 7) is 0.826. The van der Waals surface area contributed by atoms with Crippen LogP contribution >= 0.6 is 0 Å². The van der Waals surface area contributed by atoms with Crippen LogP contribution in [0.25, 0.3) is 23.1 Å². The Hall–Kier alpha value is -6.04. The number of carbonyl (C=O) groups excluding carboxylic acids is 1. The van der Waals surface area contributed by atoms with E-state index in [0.717, 1.165) is 5.56 Å². The lowest BCUT2D eigenvalue weighted by molar-refractivity contribution is -0.110. The summed E-state index contributed by atoms with van der Waals surface area (Å²) in [5, 5.41) is 9.00. The molecule has 0 amide bonds. The lowest BCUT2D eigenvalue weighted by atomic mass is 10.1. The molecule has 12 nitrogen and oxygen atoms in total. The number of carbonyl (C=O) groups is 1. The van der Waals surface area contributed by atoms with E-state index in [4.69, 9.17) is 32.8 Å². The number of ketones is 1. The molecule has 2 aromatic heterocycles. The van der Waals surface area contributed by atoms with Gasteiger partial charge in [0, 0.05) is 0 Å². The highest BCUT2D eigenvalue weighted by atomic mass is 16.5. The third-order valence-corrected chi connectivity index (χ3v) is 6.91. The Morgan fingerprint density at radius 1 is 0.787 bits per heavy atom. The Morgan fingerprint density at radius 3 is 2.21 bits per heavy atom. The molecule has 2 heterocycles. The maximum Gasteiger partial charge on any atom is 0.339 e. The Labute approximate surface area is 270 Å². The van der Waals surface area contributed by atoms with Crippen molar-refractivity contribution in [1.29, 1.82) is 0 Å². The Balaban J connectivity index is 1.15. The first-order valence-corrected chi connectivity index (χ1v) is 14.5. The third kappa shape index (κ3) is 8.17. The van der Waals surface area contributed by atoms with Gasteiger partial charge in [0.25, 0.3) is 0 Å². The van der Waals surface area contributed by atoms with Crippen molar-refractivity contribution in [2.45, 2.75) is 13.2 Å². The second kappa shape index (κ2) is 15.3. The minimum atomic E-state index is -0.479. The van der Waals surface area contributed by atoms with Crippen LogP contribution in [0.4, 0.5) is 0 Å². The number of allylic oxidation sites excluding steroid dienone is 2. The van der Waals surface area contributed by atoms with Crippen molar-refractivity contribution in [3.63, 3.8) is 0 Å². The number of ether oxygens (including phenoxy) is 6. The second-order valence-corrected chi connectivity index (χ2v) is 9.97. The van der Waals surface area contributed by atoms with E-state index < -0.39 is 5.63 Å². The molecule has 12 heteroatoms. The summed E-state index contributed by atoms with van der Waals surface area (Å²) < 4.78 is 40.2. The van der Waals surface area contributed by atoms with Crippen LogP contribution in [0, 0.1) is 0 Å².